The number of amides is 1. The van der Waals surface area contributed by atoms with E-state index in [9.17, 15) is 4.79 Å². The van der Waals surface area contributed by atoms with E-state index in [-0.39, 0.29) is 11.2 Å². The highest BCUT2D eigenvalue weighted by atomic mass is 32.2. The first kappa shape index (κ1) is 14.7. The van der Waals surface area contributed by atoms with Gasteiger partial charge in [-0.1, -0.05) is 42.1 Å². The smallest absolute Gasteiger partial charge is 0.266 e. The molecule has 1 saturated heterocycles. The van der Waals surface area contributed by atoms with Crippen LogP contribution in [0.2, 0.25) is 0 Å². The molecule has 1 aromatic heterocycles. The molecular formula is C16H15N3O2S. The largest absolute Gasteiger partial charge is 0.271 e. The average Bonchev–Trinajstić information content (AvgIpc) is 2.81. The number of carbonyl (C=O) groups excluding carboxylic acids is 1. The van der Waals surface area contributed by atoms with E-state index in [2.05, 4.69) is 9.98 Å². The third-order valence-electron chi connectivity index (χ3n) is 3.08. The molecule has 0 aliphatic carbocycles. The summed E-state index contributed by atoms with van der Waals surface area (Å²) in [6, 6.07) is 13.4. The summed E-state index contributed by atoms with van der Waals surface area (Å²) < 4.78 is 0. The molecule has 0 saturated carbocycles. The summed E-state index contributed by atoms with van der Waals surface area (Å²) in [6.07, 6.45) is 3.33. The van der Waals surface area contributed by atoms with Gasteiger partial charge in [-0.15, -0.1) is 0 Å². The summed E-state index contributed by atoms with van der Waals surface area (Å²) >= 11 is 1.39. The Morgan fingerprint density at radius 2 is 2.09 bits per heavy atom. The molecule has 0 radical (unpaired) electrons. The number of rotatable bonds is 4. The van der Waals surface area contributed by atoms with Gasteiger partial charge in [-0.3, -0.25) is 14.6 Å². The lowest BCUT2D eigenvalue weighted by atomic mass is 10.2. The second-order valence-electron chi connectivity index (χ2n) is 4.76. The van der Waals surface area contributed by atoms with E-state index in [1.54, 1.807) is 18.5 Å². The Kier molecular flexibility index (Phi) is 4.50. The molecule has 1 unspecified atom stereocenters. The van der Waals surface area contributed by atoms with Crippen molar-refractivity contribution in [2.24, 2.45) is 4.99 Å². The van der Waals surface area contributed by atoms with Crippen molar-refractivity contribution in [3.8, 4) is 0 Å². The summed E-state index contributed by atoms with van der Waals surface area (Å²) in [5.74, 6) is -0.0939. The van der Waals surface area contributed by atoms with E-state index in [1.807, 2.05) is 43.3 Å². The number of benzene rings is 1. The molecule has 0 bridgehead atoms. The minimum Gasteiger partial charge on any atom is -0.271 e. The second-order valence-corrected chi connectivity index (χ2v) is 6.07. The molecule has 1 aromatic carbocycles. The molecule has 1 aliphatic rings. The molecule has 0 spiro atoms. The fourth-order valence-corrected chi connectivity index (χ4v) is 2.86. The predicted octanol–water partition coefficient (Wildman–Crippen LogP) is 3.16. The van der Waals surface area contributed by atoms with Gasteiger partial charge in [-0.2, -0.15) is 5.06 Å². The predicted molar refractivity (Wildman–Crippen MR) is 86.5 cm³/mol. The molecule has 0 N–H and O–H groups in total. The number of aliphatic imine (C=N–C) groups is 1. The zero-order valence-electron chi connectivity index (χ0n) is 12.0. The van der Waals surface area contributed by atoms with E-state index >= 15 is 0 Å². The number of hydrogen-bond acceptors (Lipinski definition) is 5. The van der Waals surface area contributed by atoms with Crippen LogP contribution in [-0.4, -0.2) is 26.4 Å². The Hall–Kier alpha value is -2.18. The molecule has 3 rings (SSSR count). The van der Waals surface area contributed by atoms with Gasteiger partial charge >= 0.3 is 0 Å². The van der Waals surface area contributed by atoms with Crippen LogP contribution in [-0.2, 0) is 16.2 Å². The number of pyridine rings is 1. The minimum absolute atomic E-state index is 0.0939. The fraction of sp³-hybridized carbons (Fsp3) is 0.188. The van der Waals surface area contributed by atoms with Gasteiger partial charge in [0.15, 0.2) is 5.17 Å². The fourth-order valence-electron chi connectivity index (χ4n) is 1.95. The lowest BCUT2D eigenvalue weighted by Crippen LogP contribution is -2.31. The zero-order chi connectivity index (χ0) is 15.4. The average molecular weight is 313 g/mol. The molecule has 1 fully saturated rings. The molecule has 2 aromatic rings. The SMILES string of the molecule is CC1SC(=Nc2cccnc2)N(OCc2ccccc2)C1=O. The highest BCUT2D eigenvalue weighted by molar-refractivity contribution is 8.15. The van der Waals surface area contributed by atoms with Crippen molar-refractivity contribution in [3.05, 3.63) is 60.4 Å². The topological polar surface area (TPSA) is 54.8 Å². The van der Waals surface area contributed by atoms with E-state index < -0.39 is 0 Å². The number of hydroxylamine groups is 2. The third kappa shape index (κ3) is 3.35. The number of aromatic nitrogens is 1. The van der Waals surface area contributed by atoms with E-state index in [0.717, 1.165) is 5.56 Å². The summed E-state index contributed by atoms with van der Waals surface area (Å²) in [5.41, 5.74) is 1.70. The summed E-state index contributed by atoms with van der Waals surface area (Å²) in [7, 11) is 0. The van der Waals surface area contributed by atoms with E-state index in [0.29, 0.717) is 17.5 Å². The molecular weight excluding hydrogens is 298 g/mol. The lowest BCUT2D eigenvalue weighted by molar-refractivity contribution is -0.163. The minimum atomic E-state index is -0.203. The molecule has 1 aliphatic heterocycles. The van der Waals surface area contributed by atoms with Gasteiger partial charge in [0.2, 0.25) is 0 Å². The van der Waals surface area contributed by atoms with Crippen molar-refractivity contribution in [1.82, 2.24) is 10.0 Å². The van der Waals surface area contributed by atoms with Gasteiger partial charge in [0, 0.05) is 6.20 Å². The monoisotopic (exact) mass is 313 g/mol. The maximum absolute atomic E-state index is 12.2. The number of nitrogens with zero attached hydrogens (tertiary/aromatic N) is 3. The highest BCUT2D eigenvalue weighted by Gasteiger charge is 2.36. The first-order valence-electron chi connectivity index (χ1n) is 6.90. The molecule has 22 heavy (non-hydrogen) atoms. The van der Waals surface area contributed by atoms with E-state index in [1.165, 1.54) is 16.8 Å². The quantitative estimate of drug-likeness (QED) is 0.870. The molecule has 1 atom stereocenters. The summed E-state index contributed by atoms with van der Waals surface area (Å²) in [6.45, 7) is 2.17. The standard InChI is InChI=1S/C16H15N3O2S/c1-12-15(20)19(21-11-13-6-3-2-4-7-13)16(22-12)18-14-8-5-9-17-10-14/h2-10,12H,11H2,1H3. The van der Waals surface area contributed by atoms with Crippen LogP contribution < -0.4 is 0 Å². The van der Waals surface area contributed by atoms with Crippen LogP contribution in [0.25, 0.3) is 0 Å². The Labute approximate surface area is 133 Å². The molecule has 6 heteroatoms. The normalized spacial score (nSPS) is 19.9. The molecule has 1 amide bonds. The van der Waals surface area contributed by atoms with Crippen LogP contribution in [0.1, 0.15) is 12.5 Å². The number of thioether (sulfide) groups is 1. The van der Waals surface area contributed by atoms with Crippen LogP contribution in [0.3, 0.4) is 0 Å². The van der Waals surface area contributed by atoms with Crippen molar-refractivity contribution >= 4 is 28.5 Å². The molecule has 2 heterocycles. The van der Waals surface area contributed by atoms with Crippen molar-refractivity contribution in [2.75, 3.05) is 0 Å². The first-order valence-corrected chi connectivity index (χ1v) is 7.78. The van der Waals surface area contributed by atoms with Crippen LogP contribution in [0.4, 0.5) is 5.69 Å². The van der Waals surface area contributed by atoms with Crippen molar-refractivity contribution in [1.29, 1.82) is 0 Å². The van der Waals surface area contributed by atoms with Crippen molar-refractivity contribution < 1.29 is 9.63 Å². The van der Waals surface area contributed by atoms with Crippen LogP contribution in [0, 0.1) is 0 Å². The summed E-state index contributed by atoms with van der Waals surface area (Å²) in [4.78, 5) is 26.4. The maximum Gasteiger partial charge on any atom is 0.266 e. The van der Waals surface area contributed by atoms with Gasteiger partial charge in [-0.05, 0) is 24.6 Å². The Balaban J connectivity index is 1.77. The lowest BCUT2D eigenvalue weighted by Gasteiger charge is -2.15. The zero-order valence-corrected chi connectivity index (χ0v) is 12.9. The van der Waals surface area contributed by atoms with Crippen molar-refractivity contribution in [2.45, 2.75) is 18.8 Å². The number of amidine groups is 1. The Morgan fingerprint density at radius 1 is 1.27 bits per heavy atom. The summed E-state index contributed by atoms with van der Waals surface area (Å²) in [5, 5.41) is 1.63. The van der Waals surface area contributed by atoms with Crippen LogP contribution in [0.5, 0.6) is 0 Å². The van der Waals surface area contributed by atoms with Gasteiger partial charge in [0.05, 0.1) is 17.1 Å². The second kappa shape index (κ2) is 6.72. The number of carbonyl (C=O) groups is 1. The van der Waals surface area contributed by atoms with Gasteiger partial charge in [0.1, 0.15) is 6.61 Å². The first-order chi connectivity index (χ1) is 10.7. The van der Waals surface area contributed by atoms with E-state index in [4.69, 9.17) is 4.84 Å². The van der Waals surface area contributed by atoms with Gasteiger partial charge < -0.3 is 0 Å². The maximum atomic E-state index is 12.2. The number of hydrogen-bond donors (Lipinski definition) is 0. The van der Waals surface area contributed by atoms with Gasteiger partial charge in [-0.25, -0.2) is 4.99 Å². The Morgan fingerprint density at radius 3 is 2.82 bits per heavy atom. The van der Waals surface area contributed by atoms with Crippen LogP contribution >= 0.6 is 11.8 Å². The third-order valence-corrected chi connectivity index (χ3v) is 4.10. The molecule has 112 valence electrons. The van der Waals surface area contributed by atoms with Crippen molar-refractivity contribution in [3.63, 3.8) is 0 Å². The van der Waals surface area contributed by atoms with Gasteiger partial charge in [0.25, 0.3) is 5.91 Å². The molecule has 5 nitrogen and oxygen atoms in total. The van der Waals surface area contributed by atoms with Crippen LogP contribution in [0.15, 0.2) is 59.9 Å². The highest BCUT2D eigenvalue weighted by Crippen LogP contribution is 2.29. The Bertz CT molecular complexity index is 676.